The fourth-order valence-corrected chi connectivity index (χ4v) is 3.17. The molecule has 1 saturated heterocycles. The van der Waals surface area contributed by atoms with Crippen LogP contribution in [0.25, 0.3) is 0 Å². The molecule has 1 aromatic rings. The Labute approximate surface area is 163 Å². The number of amides is 1. The van der Waals surface area contributed by atoms with Crippen LogP contribution >= 0.6 is 0 Å². The second kappa shape index (κ2) is 10.1. The quantitative estimate of drug-likeness (QED) is 0.385. The topological polar surface area (TPSA) is 138 Å². The Balaban J connectivity index is 2.04. The second-order valence-corrected chi connectivity index (χ2v) is 6.81. The maximum Gasteiger partial charge on any atom is 0.217 e. The molecule has 6 atom stereocenters. The van der Waals surface area contributed by atoms with Crippen molar-refractivity contribution in [3.8, 4) is 5.75 Å². The molecule has 0 aromatic heterocycles. The minimum Gasteiger partial charge on any atom is -0.496 e. The highest BCUT2D eigenvalue weighted by molar-refractivity contribution is 5.73. The number of nitrogens with one attached hydrogen (secondary N) is 1. The van der Waals surface area contributed by atoms with E-state index in [1.807, 2.05) is 12.1 Å². The Morgan fingerprint density at radius 3 is 2.61 bits per heavy atom. The third kappa shape index (κ3) is 5.40. The predicted octanol–water partition coefficient (Wildman–Crippen LogP) is -0.749. The van der Waals surface area contributed by atoms with Crippen molar-refractivity contribution in [3.05, 3.63) is 29.3 Å². The van der Waals surface area contributed by atoms with Gasteiger partial charge in [0.1, 0.15) is 30.1 Å². The van der Waals surface area contributed by atoms with Gasteiger partial charge in [0.05, 0.1) is 26.4 Å². The Bertz CT molecular complexity index is 653. The lowest BCUT2D eigenvalue weighted by Gasteiger charge is -2.42. The van der Waals surface area contributed by atoms with Gasteiger partial charge in [-0.05, 0) is 31.0 Å². The van der Waals surface area contributed by atoms with E-state index in [0.29, 0.717) is 17.7 Å². The molecule has 0 saturated carbocycles. The number of hydrogen-bond donors (Lipinski definition) is 5. The van der Waals surface area contributed by atoms with Crippen LogP contribution in [0.5, 0.6) is 5.75 Å². The molecular weight excluding hydrogens is 370 g/mol. The molecule has 1 unspecified atom stereocenters. The SMILES string of the molecule is COc1ccc(CCO[C@@H]2O[C@H](CO)[C@@H](O)[C@H](O)[C@H]2NC(C)=O)cc1C(C)O. The maximum atomic E-state index is 11.4. The standard InChI is InChI=1S/C19H29NO8/c1-10(22)13-8-12(4-5-14(13)26-3)6-7-27-19-16(20-11(2)23)18(25)17(24)15(9-21)28-19/h4-5,8,10,15-19,21-22,24-25H,6-7,9H2,1-3H3,(H,20,23)/t10?,15-,16-,17-,18-,19-/m1/s1. The molecule has 0 aliphatic carbocycles. The van der Waals surface area contributed by atoms with E-state index in [-0.39, 0.29) is 6.61 Å². The first-order chi connectivity index (χ1) is 13.3. The molecule has 9 heteroatoms. The van der Waals surface area contributed by atoms with Gasteiger partial charge in [-0.3, -0.25) is 4.79 Å². The van der Waals surface area contributed by atoms with E-state index in [9.17, 15) is 25.2 Å². The van der Waals surface area contributed by atoms with Gasteiger partial charge in [-0.25, -0.2) is 0 Å². The number of carbonyl (C=O) groups excluding carboxylic acids is 1. The van der Waals surface area contributed by atoms with Crippen molar-refractivity contribution in [2.45, 2.75) is 57.0 Å². The summed E-state index contributed by atoms with van der Waals surface area (Å²) in [6, 6.07) is 4.45. The van der Waals surface area contributed by atoms with Crippen LogP contribution < -0.4 is 10.1 Å². The first-order valence-electron chi connectivity index (χ1n) is 9.14. The number of carbonyl (C=O) groups is 1. The number of benzene rings is 1. The molecule has 9 nitrogen and oxygen atoms in total. The van der Waals surface area contributed by atoms with Gasteiger partial charge in [0, 0.05) is 12.5 Å². The average Bonchev–Trinajstić information content (AvgIpc) is 2.66. The molecule has 2 rings (SSSR count). The summed E-state index contributed by atoms with van der Waals surface area (Å²) in [5.41, 5.74) is 1.55. The fraction of sp³-hybridized carbons (Fsp3) is 0.632. The Morgan fingerprint density at radius 1 is 1.32 bits per heavy atom. The Kier molecular flexibility index (Phi) is 8.17. The van der Waals surface area contributed by atoms with E-state index in [1.54, 1.807) is 13.0 Å². The third-order valence-corrected chi connectivity index (χ3v) is 4.67. The van der Waals surface area contributed by atoms with E-state index < -0.39 is 49.3 Å². The van der Waals surface area contributed by atoms with Gasteiger partial charge in [-0.1, -0.05) is 6.07 Å². The molecule has 5 N–H and O–H groups in total. The fourth-order valence-electron chi connectivity index (χ4n) is 3.17. The summed E-state index contributed by atoms with van der Waals surface area (Å²) in [5, 5.41) is 42.0. The van der Waals surface area contributed by atoms with E-state index in [2.05, 4.69) is 5.32 Å². The van der Waals surface area contributed by atoms with Gasteiger partial charge in [0.2, 0.25) is 5.91 Å². The molecule has 158 valence electrons. The van der Waals surface area contributed by atoms with E-state index in [4.69, 9.17) is 14.2 Å². The molecule has 1 aliphatic heterocycles. The summed E-state index contributed by atoms with van der Waals surface area (Å²) in [7, 11) is 1.53. The van der Waals surface area contributed by atoms with Crippen molar-refractivity contribution in [1.29, 1.82) is 0 Å². The number of aliphatic hydroxyl groups excluding tert-OH is 4. The summed E-state index contributed by atoms with van der Waals surface area (Å²) in [6.07, 6.45) is -4.97. The van der Waals surface area contributed by atoms with E-state index in [0.717, 1.165) is 5.56 Å². The van der Waals surface area contributed by atoms with Crippen molar-refractivity contribution in [2.75, 3.05) is 20.3 Å². The average molecular weight is 399 g/mol. The summed E-state index contributed by atoms with van der Waals surface area (Å²) < 4.78 is 16.4. The normalized spacial score (nSPS) is 28.6. The number of methoxy groups -OCH3 is 1. The van der Waals surface area contributed by atoms with Crippen LogP contribution in [-0.2, 0) is 20.7 Å². The number of hydrogen-bond acceptors (Lipinski definition) is 8. The smallest absolute Gasteiger partial charge is 0.217 e. The van der Waals surface area contributed by atoms with Gasteiger partial charge in [0.25, 0.3) is 0 Å². The summed E-state index contributed by atoms with van der Waals surface area (Å²) >= 11 is 0. The van der Waals surface area contributed by atoms with Gasteiger partial charge in [-0.15, -0.1) is 0 Å². The molecule has 1 amide bonds. The molecule has 1 fully saturated rings. The van der Waals surface area contributed by atoms with Crippen molar-refractivity contribution < 1.29 is 39.4 Å². The minimum atomic E-state index is -1.35. The number of aliphatic hydroxyl groups is 4. The molecule has 0 radical (unpaired) electrons. The summed E-state index contributed by atoms with van der Waals surface area (Å²) in [5.74, 6) is 0.177. The summed E-state index contributed by atoms with van der Waals surface area (Å²) in [4.78, 5) is 11.4. The molecule has 1 aromatic carbocycles. The van der Waals surface area contributed by atoms with Crippen molar-refractivity contribution >= 4 is 5.91 Å². The Hall–Kier alpha value is -1.75. The maximum absolute atomic E-state index is 11.4. The predicted molar refractivity (Wildman–Crippen MR) is 98.6 cm³/mol. The van der Waals surface area contributed by atoms with Crippen molar-refractivity contribution in [1.82, 2.24) is 5.32 Å². The second-order valence-electron chi connectivity index (χ2n) is 6.81. The molecule has 0 spiro atoms. The molecule has 1 aliphatic rings. The zero-order valence-electron chi connectivity index (χ0n) is 16.2. The Morgan fingerprint density at radius 2 is 2.04 bits per heavy atom. The van der Waals surface area contributed by atoms with E-state index >= 15 is 0 Å². The van der Waals surface area contributed by atoms with Gasteiger partial charge < -0.3 is 40.0 Å². The lowest BCUT2D eigenvalue weighted by atomic mass is 9.97. The first kappa shape index (κ1) is 22.5. The van der Waals surface area contributed by atoms with Gasteiger partial charge >= 0.3 is 0 Å². The van der Waals surface area contributed by atoms with Crippen LogP contribution in [0.3, 0.4) is 0 Å². The van der Waals surface area contributed by atoms with Gasteiger partial charge in [0.15, 0.2) is 6.29 Å². The van der Waals surface area contributed by atoms with Crippen LogP contribution in [0, 0.1) is 0 Å². The highest BCUT2D eigenvalue weighted by Gasteiger charge is 2.45. The van der Waals surface area contributed by atoms with Crippen LogP contribution in [0.4, 0.5) is 0 Å². The molecule has 0 bridgehead atoms. The lowest BCUT2D eigenvalue weighted by molar-refractivity contribution is -0.269. The zero-order chi connectivity index (χ0) is 20.8. The van der Waals surface area contributed by atoms with Crippen molar-refractivity contribution in [3.63, 3.8) is 0 Å². The lowest BCUT2D eigenvalue weighted by Crippen LogP contribution is -2.64. The highest BCUT2D eigenvalue weighted by Crippen LogP contribution is 2.27. The summed E-state index contributed by atoms with van der Waals surface area (Å²) in [6.45, 7) is 2.62. The van der Waals surface area contributed by atoms with Crippen LogP contribution in [0.15, 0.2) is 18.2 Å². The monoisotopic (exact) mass is 399 g/mol. The first-order valence-corrected chi connectivity index (χ1v) is 9.14. The van der Waals surface area contributed by atoms with Crippen LogP contribution in [0.2, 0.25) is 0 Å². The van der Waals surface area contributed by atoms with Crippen LogP contribution in [0.1, 0.15) is 31.1 Å². The van der Waals surface area contributed by atoms with E-state index in [1.165, 1.54) is 14.0 Å². The van der Waals surface area contributed by atoms with Crippen molar-refractivity contribution in [2.24, 2.45) is 0 Å². The van der Waals surface area contributed by atoms with Crippen LogP contribution in [-0.4, -0.2) is 77.3 Å². The molecule has 28 heavy (non-hydrogen) atoms. The largest absolute Gasteiger partial charge is 0.496 e. The number of rotatable bonds is 8. The molecular formula is C19H29NO8. The highest BCUT2D eigenvalue weighted by atomic mass is 16.7. The number of ether oxygens (including phenoxy) is 3. The minimum absolute atomic E-state index is 0.188. The third-order valence-electron chi connectivity index (χ3n) is 4.67. The zero-order valence-corrected chi connectivity index (χ0v) is 16.2. The molecule has 1 heterocycles. The van der Waals surface area contributed by atoms with Gasteiger partial charge in [-0.2, -0.15) is 0 Å².